The van der Waals surface area contributed by atoms with Crippen molar-refractivity contribution in [3.63, 3.8) is 0 Å². The molecule has 122 valence electrons. The Kier molecular flexibility index (Phi) is 4.04. The maximum Gasteiger partial charge on any atom is 0.255 e. The van der Waals surface area contributed by atoms with Crippen molar-refractivity contribution < 1.29 is 19.2 Å². The molecule has 7 nitrogen and oxygen atoms in total. The minimum atomic E-state index is -0.683. The van der Waals surface area contributed by atoms with Gasteiger partial charge in [-0.15, -0.1) is 6.42 Å². The second-order valence-electron chi connectivity index (χ2n) is 5.66. The highest BCUT2D eigenvalue weighted by atomic mass is 16.2. The van der Waals surface area contributed by atoms with Crippen LogP contribution in [0.15, 0.2) is 18.2 Å². The first-order valence-electron chi connectivity index (χ1n) is 7.51. The molecule has 2 aliphatic heterocycles. The molecule has 3 rings (SSSR count). The predicted molar refractivity (Wildman–Crippen MR) is 84.6 cm³/mol. The number of anilines is 1. The van der Waals surface area contributed by atoms with Crippen molar-refractivity contribution >= 4 is 29.3 Å². The van der Waals surface area contributed by atoms with Gasteiger partial charge in [0.15, 0.2) is 0 Å². The van der Waals surface area contributed by atoms with Crippen LogP contribution in [-0.2, 0) is 20.9 Å². The van der Waals surface area contributed by atoms with Crippen LogP contribution in [0.2, 0.25) is 0 Å². The highest BCUT2D eigenvalue weighted by molar-refractivity contribution is 6.06. The Morgan fingerprint density at radius 1 is 1.38 bits per heavy atom. The van der Waals surface area contributed by atoms with E-state index in [1.165, 1.54) is 4.90 Å². The highest BCUT2D eigenvalue weighted by Crippen LogP contribution is 2.32. The Balaban J connectivity index is 1.85. The zero-order chi connectivity index (χ0) is 17.3. The molecule has 2 aliphatic rings. The van der Waals surface area contributed by atoms with Gasteiger partial charge >= 0.3 is 0 Å². The Morgan fingerprint density at radius 2 is 2.17 bits per heavy atom. The second-order valence-corrected chi connectivity index (χ2v) is 5.66. The highest BCUT2D eigenvalue weighted by Gasteiger charge is 2.39. The second kappa shape index (κ2) is 6.16. The summed E-state index contributed by atoms with van der Waals surface area (Å²) in [6.45, 7) is 0.201. The quantitative estimate of drug-likeness (QED) is 0.621. The van der Waals surface area contributed by atoms with Crippen molar-refractivity contribution in [3.8, 4) is 12.3 Å². The predicted octanol–water partition coefficient (Wildman–Crippen LogP) is 0.409. The van der Waals surface area contributed by atoms with Crippen molar-refractivity contribution in [2.24, 2.45) is 0 Å². The molecule has 2 N–H and O–H groups in total. The third-order valence-corrected chi connectivity index (χ3v) is 4.12. The minimum Gasteiger partial charge on any atom is -0.325 e. The number of amides is 4. The summed E-state index contributed by atoms with van der Waals surface area (Å²) in [5.41, 5.74) is 1.60. The summed E-state index contributed by atoms with van der Waals surface area (Å²) in [6, 6.07) is 4.32. The van der Waals surface area contributed by atoms with E-state index in [0.29, 0.717) is 23.2 Å². The first kappa shape index (κ1) is 15.7. The average molecular weight is 325 g/mol. The molecule has 1 aromatic carbocycles. The van der Waals surface area contributed by atoms with Crippen molar-refractivity contribution in [1.29, 1.82) is 0 Å². The summed E-state index contributed by atoms with van der Waals surface area (Å²) in [7, 11) is 0. The number of terminal acetylenes is 1. The van der Waals surface area contributed by atoms with Gasteiger partial charge in [0.05, 0.1) is 6.42 Å². The van der Waals surface area contributed by atoms with E-state index < -0.39 is 11.9 Å². The van der Waals surface area contributed by atoms with Crippen LogP contribution in [0.3, 0.4) is 0 Å². The van der Waals surface area contributed by atoms with Gasteiger partial charge in [0.2, 0.25) is 17.7 Å². The molecule has 1 aromatic rings. The lowest BCUT2D eigenvalue weighted by atomic mass is 10.0. The zero-order valence-electron chi connectivity index (χ0n) is 12.8. The van der Waals surface area contributed by atoms with Gasteiger partial charge < -0.3 is 10.2 Å². The summed E-state index contributed by atoms with van der Waals surface area (Å²) < 4.78 is 0. The van der Waals surface area contributed by atoms with Crippen LogP contribution in [0.5, 0.6) is 0 Å². The van der Waals surface area contributed by atoms with Crippen molar-refractivity contribution in [2.45, 2.75) is 31.8 Å². The van der Waals surface area contributed by atoms with Crippen molar-refractivity contribution in [2.75, 3.05) is 5.32 Å². The lowest BCUT2D eigenvalue weighted by Gasteiger charge is -2.29. The molecule has 0 bridgehead atoms. The van der Waals surface area contributed by atoms with Gasteiger partial charge in [-0.2, -0.15) is 0 Å². The number of fused-ring (bicyclic) bond motifs is 1. The van der Waals surface area contributed by atoms with Crippen LogP contribution < -0.4 is 10.6 Å². The van der Waals surface area contributed by atoms with Gasteiger partial charge in [-0.05, 0) is 18.6 Å². The SMILES string of the molecule is C#CCC(=O)Nc1cccc2c1CN(C1CCC(=O)NC1=O)C2=O. The van der Waals surface area contributed by atoms with Gasteiger partial charge in [-0.3, -0.25) is 24.5 Å². The molecular weight excluding hydrogens is 310 g/mol. The molecule has 1 atom stereocenters. The summed E-state index contributed by atoms with van der Waals surface area (Å²) in [5, 5.41) is 4.94. The van der Waals surface area contributed by atoms with Gasteiger partial charge in [0.1, 0.15) is 6.04 Å². The monoisotopic (exact) mass is 325 g/mol. The number of imide groups is 1. The van der Waals surface area contributed by atoms with E-state index in [4.69, 9.17) is 6.42 Å². The van der Waals surface area contributed by atoms with Crippen LogP contribution in [0.1, 0.15) is 35.2 Å². The van der Waals surface area contributed by atoms with Crippen LogP contribution in [0.4, 0.5) is 5.69 Å². The fourth-order valence-electron chi connectivity index (χ4n) is 2.99. The van der Waals surface area contributed by atoms with Gasteiger partial charge in [-0.1, -0.05) is 12.0 Å². The summed E-state index contributed by atoms with van der Waals surface area (Å²) in [6.07, 6.45) is 5.55. The molecule has 0 saturated carbocycles. The number of carbonyl (C=O) groups excluding carboxylic acids is 4. The lowest BCUT2D eigenvalue weighted by Crippen LogP contribution is -2.52. The van der Waals surface area contributed by atoms with E-state index in [9.17, 15) is 19.2 Å². The Bertz CT molecular complexity index is 794. The summed E-state index contributed by atoms with van der Waals surface area (Å²) in [4.78, 5) is 49.0. The number of hydrogen-bond acceptors (Lipinski definition) is 4. The number of rotatable bonds is 3. The molecule has 0 spiro atoms. The van der Waals surface area contributed by atoms with E-state index in [0.717, 1.165) is 0 Å². The third kappa shape index (κ3) is 2.74. The molecule has 1 unspecified atom stereocenters. The third-order valence-electron chi connectivity index (χ3n) is 4.12. The molecule has 2 heterocycles. The van der Waals surface area contributed by atoms with Gasteiger partial charge in [0, 0.05) is 29.8 Å². The molecule has 1 saturated heterocycles. The normalized spacial score (nSPS) is 19.5. The van der Waals surface area contributed by atoms with Crippen LogP contribution >= 0.6 is 0 Å². The molecule has 4 amide bonds. The zero-order valence-corrected chi connectivity index (χ0v) is 12.8. The number of hydrogen-bond donors (Lipinski definition) is 2. The molecular formula is C17H15N3O4. The first-order chi connectivity index (χ1) is 11.5. The van der Waals surface area contributed by atoms with Gasteiger partial charge in [0.25, 0.3) is 5.91 Å². The van der Waals surface area contributed by atoms with Crippen LogP contribution in [-0.4, -0.2) is 34.6 Å². The fourth-order valence-corrected chi connectivity index (χ4v) is 2.99. The van der Waals surface area contributed by atoms with Crippen LogP contribution in [0, 0.1) is 12.3 Å². The topological polar surface area (TPSA) is 95.6 Å². The molecule has 0 aliphatic carbocycles. The average Bonchev–Trinajstić information content (AvgIpc) is 2.86. The van der Waals surface area contributed by atoms with Gasteiger partial charge in [-0.25, -0.2) is 0 Å². The molecule has 7 heteroatoms. The standard InChI is InChI=1S/C17H15N3O4/c1-2-4-14(21)18-12-6-3-5-10-11(12)9-20(17(10)24)13-7-8-15(22)19-16(13)23/h1,3,5-6,13H,4,7-9H2,(H,18,21)(H,19,22,23). The van der Waals surface area contributed by atoms with E-state index >= 15 is 0 Å². The maximum atomic E-state index is 12.6. The Morgan fingerprint density at radius 3 is 2.88 bits per heavy atom. The summed E-state index contributed by atoms with van der Waals surface area (Å²) >= 11 is 0. The van der Waals surface area contributed by atoms with Crippen molar-refractivity contribution in [3.05, 3.63) is 29.3 Å². The van der Waals surface area contributed by atoms with Crippen LogP contribution in [0.25, 0.3) is 0 Å². The smallest absolute Gasteiger partial charge is 0.255 e. The summed E-state index contributed by atoms with van der Waals surface area (Å²) in [5.74, 6) is 0.842. The maximum absolute atomic E-state index is 12.6. The molecule has 0 aromatic heterocycles. The Hall–Kier alpha value is -3.14. The molecule has 0 radical (unpaired) electrons. The van der Waals surface area contributed by atoms with E-state index in [1.54, 1.807) is 18.2 Å². The number of nitrogens with zero attached hydrogens (tertiary/aromatic N) is 1. The first-order valence-corrected chi connectivity index (χ1v) is 7.51. The molecule has 24 heavy (non-hydrogen) atoms. The number of benzene rings is 1. The number of carbonyl (C=O) groups is 4. The Labute approximate surface area is 138 Å². The van der Waals surface area contributed by atoms with E-state index in [-0.39, 0.29) is 37.1 Å². The van der Waals surface area contributed by atoms with E-state index in [2.05, 4.69) is 16.6 Å². The minimum absolute atomic E-state index is 0.0610. The number of piperidine rings is 1. The van der Waals surface area contributed by atoms with Crippen molar-refractivity contribution in [1.82, 2.24) is 10.2 Å². The lowest BCUT2D eigenvalue weighted by molar-refractivity contribution is -0.137. The fraction of sp³-hybridized carbons (Fsp3) is 0.294. The number of nitrogens with one attached hydrogen (secondary N) is 2. The molecule has 1 fully saturated rings. The van der Waals surface area contributed by atoms with E-state index in [1.807, 2.05) is 0 Å². The largest absolute Gasteiger partial charge is 0.325 e.